The predicted octanol–water partition coefficient (Wildman–Crippen LogP) is 7.96. The minimum Gasteiger partial charge on any atom is -0.452 e. The largest absolute Gasteiger partial charge is 0.452 e. The van der Waals surface area contributed by atoms with E-state index in [4.69, 9.17) is 19.3 Å². The fourth-order valence-corrected chi connectivity index (χ4v) is 5.47. The molecule has 0 aliphatic heterocycles. The molecule has 1 atom stereocenters. The van der Waals surface area contributed by atoms with Gasteiger partial charge in [0.25, 0.3) is 0 Å². The van der Waals surface area contributed by atoms with E-state index in [1.807, 2.05) is 18.2 Å². The van der Waals surface area contributed by atoms with Gasteiger partial charge in [-0.2, -0.15) is 4.98 Å². The van der Waals surface area contributed by atoms with Crippen molar-refractivity contribution in [1.29, 1.82) is 0 Å². The Labute approximate surface area is 250 Å². The predicted molar refractivity (Wildman–Crippen MR) is 174 cm³/mol. The number of aromatic nitrogens is 3. The van der Waals surface area contributed by atoms with Crippen molar-refractivity contribution in [3.8, 4) is 11.5 Å². The summed E-state index contributed by atoms with van der Waals surface area (Å²) in [5, 5.41) is 4.61. The minimum atomic E-state index is -2.00. The molecule has 0 amide bonds. The van der Waals surface area contributed by atoms with Crippen LogP contribution < -0.4 is 15.8 Å². The van der Waals surface area contributed by atoms with Crippen LogP contribution in [0.3, 0.4) is 0 Å². The normalized spacial score (nSPS) is 14.0. The number of fused-ring (bicyclic) bond motifs is 1. The third-order valence-electron chi connectivity index (χ3n) is 7.54. The van der Waals surface area contributed by atoms with Crippen molar-refractivity contribution >= 4 is 40.7 Å². The molecule has 0 fully saturated rings. The standard InChI is InChI=1S/C31H49N5O3Si2/c1-20(2)22-17-23-21(14-13-15-33-23)16-24(22)38-25-18-34-28(36-27(25)32)35-26(19-37-41(11,12)30(6,7)8)31(9,10)39-40-29(3,4)5/h13-18,20,26H,19H2,1-12H3,(H3,32,34,35,36). The van der Waals surface area contributed by atoms with Gasteiger partial charge in [0.2, 0.25) is 15.7 Å². The number of benzene rings is 1. The molecule has 0 aliphatic carbocycles. The number of hydrogen-bond donors (Lipinski definition) is 2. The molecule has 0 bridgehead atoms. The van der Waals surface area contributed by atoms with Gasteiger partial charge in [0, 0.05) is 11.6 Å². The van der Waals surface area contributed by atoms with Crippen molar-refractivity contribution in [2.45, 2.75) is 110 Å². The molecule has 2 heterocycles. The monoisotopic (exact) mass is 595 g/mol. The van der Waals surface area contributed by atoms with Crippen molar-refractivity contribution in [2.24, 2.45) is 0 Å². The van der Waals surface area contributed by atoms with E-state index in [1.54, 1.807) is 12.4 Å². The Balaban J connectivity index is 1.87. The molecule has 2 aromatic heterocycles. The van der Waals surface area contributed by atoms with Crippen molar-refractivity contribution in [2.75, 3.05) is 17.7 Å². The van der Waals surface area contributed by atoms with Gasteiger partial charge in [0.05, 0.1) is 30.0 Å². The Kier molecular flexibility index (Phi) is 9.95. The summed E-state index contributed by atoms with van der Waals surface area (Å²) in [7, 11) is -1.68. The first-order valence-corrected chi connectivity index (χ1v) is 18.2. The number of rotatable bonds is 11. The number of anilines is 2. The maximum Gasteiger partial charge on any atom is 0.236 e. The number of ether oxygens (including phenoxy) is 1. The molecule has 10 heteroatoms. The Hall–Kier alpha value is -2.54. The van der Waals surface area contributed by atoms with E-state index in [1.165, 1.54) is 0 Å². The highest BCUT2D eigenvalue weighted by atomic mass is 28.4. The van der Waals surface area contributed by atoms with E-state index < -0.39 is 13.9 Å². The van der Waals surface area contributed by atoms with Crippen LogP contribution in [0.2, 0.25) is 23.2 Å². The quantitative estimate of drug-likeness (QED) is 0.215. The van der Waals surface area contributed by atoms with Gasteiger partial charge >= 0.3 is 0 Å². The molecule has 1 aromatic carbocycles. The Morgan fingerprint density at radius 1 is 1.00 bits per heavy atom. The molecule has 3 rings (SSSR count). The van der Waals surface area contributed by atoms with E-state index in [-0.39, 0.29) is 27.9 Å². The molecular weight excluding hydrogens is 547 g/mol. The summed E-state index contributed by atoms with van der Waals surface area (Å²) in [6, 6.07) is 7.78. The molecule has 0 saturated carbocycles. The summed E-state index contributed by atoms with van der Waals surface area (Å²) in [5.41, 5.74) is 7.84. The summed E-state index contributed by atoms with van der Waals surface area (Å²) in [6.07, 6.45) is 3.42. The second kappa shape index (κ2) is 12.4. The molecule has 2 radical (unpaired) electrons. The maximum absolute atomic E-state index is 6.63. The van der Waals surface area contributed by atoms with Gasteiger partial charge < -0.3 is 24.6 Å². The third-order valence-corrected chi connectivity index (χ3v) is 13.3. The number of hydrogen-bond acceptors (Lipinski definition) is 8. The third kappa shape index (κ3) is 8.73. The number of nitrogens with two attached hydrogens (primary N) is 1. The van der Waals surface area contributed by atoms with Crippen LogP contribution in [-0.4, -0.2) is 51.3 Å². The first-order valence-electron chi connectivity index (χ1n) is 14.3. The molecule has 0 saturated heterocycles. The Morgan fingerprint density at radius 3 is 2.27 bits per heavy atom. The molecule has 3 aromatic rings. The van der Waals surface area contributed by atoms with Crippen LogP contribution in [0.4, 0.5) is 11.8 Å². The van der Waals surface area contributed by atoms with Crippen molar-refractivity contribution in [1.82, 2.24) is 15.0 Å². The highest BCUT2D eigenvalue weighted by Gasteiger charge is 2.40. The molecule has 0 aliphatic rings. The van der Waals surface area contributed by atoms with Crippen molar-refractivity contribution in [3.05, 3.63) is 42.2 Å². The molecule has 1 unspecified atom stereocenters. The van der Waals surface area contributed by atoms with Crippen molar-refractivity contribution in [3.63, 3.8) is 0 Å². The lowest BCUT2D eigenvalue weighted by Crippen LogP contribution is -2.52. The first kappa shape index (κ1) is 33.0. The average Bonchev–Trinajstić information content (AvgIpc) is 2.85. The summed E-state index contributed by atoms with van der Waals surface area (Å²) >= 11 is 0. The zero-order valence-electron chi connectivity index (χ0n) is 27.0. The van der Waals surface area contributed by atoms with Gasteiger partial charge in [-0.3, -0.25) is 4.98 Å². The van der Waals surface area contributed by atoms with Crippen LogP contribution in [0, 0.1) is 0 Å². The van der Waals surface area contributed by atoms with Gasteiger partial charge in [0.1, 0.15) is 5.75 Å². The molecule has 41 heavy (non-hydrogen) atoms. The van der Waals surface area contributed by atoms with E-state index in [2.05, 4.69) is 109 Å². The number of nitrogen functional groups attached to an aromatic ring is 1. The van der Waals surface area contributed by atoms with Gasteiger partial charge in [0.15, 0.2) is 19.9 Å². The molecule has 3 N–H and O–H groups in total. The number of pyridine rings is 1. The minimum absolute atomic E-state index is 0.0513. The molecule has 224 valence electrons. The zero-order chi connectivity index (χ0) is 30.8. The van der Waals surface area contributed by atoms with Crippen molar-refractivity contribution < 1.29 is 13.6 Å². The summed E-state index contributed by atoms with van der Waals surface area (Å²) < 4.78 is 19.4. The van der Waals surface area contributed by atoms with E-state index >= 15 is 0 Å². The second-order valence-electron chi connectivity index (χ2n) is 14.1. The second-order valence-corrected chi connectivity index (χ2v) is 20.8. The van der Waals surface area contributed by atoms with Crippen LogP contribution in [0.5, 0.6) is 11.5 Å². The summed E-state index contributed by atoms with van der Waals surface area (Å²) in [4.78, 5) is 13.7. The van der Waals surface area contributed by atoms with Crippen LogP contribution in [0.15, 0.2) is 36.7 Å². The van der Waals surface area contributed by atoms with E-state index in [9.17, 15) is 0 Å². The fourth-order valence-electron chi connectivity index (χ4n) is 3.74. The molecule has 8 nitrogen and oxygen atoms in total. The average molecular weight is 596 g/mol. The lowest BCUT2D eigenvalue weighted by molar-refractivity contribution is 0.0639. The van der Waals surface area contributed by atoms with Crippen LogP contribution in [0.25, 0.3) is 10.9 Å². The van der Waals surface area contributed by atoms with E-state index in [0.29, 0.717) is 28.1 Å². The lowest BCUT2D eigenvalue weighted by Gasteiger charge is -2.41. The number of nitrogens with one attached hydrogen (secondary N) is 1. The Morgan fingerprint density at radius 2 is 1.68 bits per heavy atom. The first-order chi connectivity index (χ1) is 18.8. The summed E-state index contributed by atoms with van der Waals surface area (Å²) in [6.45, 7) is 26.6. The van der Waals surface area contributed by atoms with Gasteiger partial charge in [-0.25, -0.2) is 4.98 Å². The Bertz CT molecular complexity index is 1330. The molecule has 0 spiro atoms. The highest BCUT2D eigenvalue weighted by Crippen LogP contribution is 2.38. The lowest BCUT2D eigenvalue weighted by atomic mass is 10.00. The van der Waals surface area contributed by atoms with Crippen LogP contribution in [-0.2, 0) is 8.85 Å². The topological polar surface area (TPSA) is 104 Å². The van der Waals surface area contributed by atoms with Gasteiger partial charge in [-0.15, -0.1) is 0 Å². The zero-order valence-corrected chi connectivity index (χ0v) is 29.0. The summed E-state index contributed by atoms with van der Waals surface area (Å²) in [5.74, 6) is 2.01. The van der Waals surface area contributed by atoms with E-state index in [0.717, 1.165) is 22.2 Å². The van der Waals surface area contributed by atoms with Crippen LogP contribution in [0.1, 0.15) is 80.7 Å². The van der Waals surface area contributed by atoms with Gasteiger partial charge in [-0.1, -0.05) is 61.5 Å². The maximum atomic E-state index is 6.63. The highest BCUT2D eigenvalue weighted by molar-refractivity contribution is 6.74. The molecular formula is C31H49N5O3Si2. The SMILES string of the molecule is CC(C)c1cc2ncccc2cc1Oc1cnc(NC(CO[Si](C)(C)C(C)(C)C)C(C)(C)O[Si]C(C)(C)C)nc1N. The number of nitrogens with zero attached hydrogens (tertiary/aromatic N) is 3. The fraction of sp³-hybridized carbons (Fsp3) is 0.581. The van der Waals surface area contributed by atoms with Gasteiger partial charge in [-0.05, 0) is 66.7 Å². The smallest absolute Gasteiger partial charge is 0.236 e. The van der Waals surface area contributed by atoms with Crippen LogP contribution >= 0.6 is 0 Å².